The molecule has 2 rings (SSSR count). The van der Waals surface area contributed by atoms with E-state index >= 15 is 0 Å². The Hall–Kier alpha value is -2.08. The Labute approximate surface area is 130 Å². The molecule has 1 aliphatic heterocycles. The number of hydrogen-bond donors (Lipinski definition) is 1. The number of carbonyl (C=O) groups is 2. The van der Waals surface area contributed by atoms with Crippen LogP contribution in [-0.2, 0) is 9.59 Å². The second-order valence-corrected chi connectivity index (χ2v) is 5.82. The summed E-state index contributed by atoms with van der Waals surface area (Å²) in [5, 5.41) is 9.03. The van der Waals surface area contributed by atoms with Crippen LogP contribution in [0.5, 0.6) is 5.75 Å². The van der Waals surface area contributed by atoms with Gasteiger partial charge in [-0.15, -0.1) is 0 Å². The van der Waals surface area contributed by atoms with Crippen LogP contribution in [0.4, 0.5) is 0 Å². The Kier molecular flexibility index (Phi) is 5.03. The number of benzene rings is 1. The standard InChI is InChI=1S/C16H22N2O4/c1-11-12-6-4-5-7-13(12)22-15(11)16(21)18(10-14(19)20)9-8-17(2)3/h4-7,11,15H,8-10H2,1-3H3,(H,19,20)/t11-,15-/m0/s1. The molecule has 0 radical (unpaired) electrons. The lowest BCUT2D eigenvalue weighted by Gasteiger charge is -2.26. The van der Waals surface area contributed by atoms with Crippen molar-refractivity contribution in [2.45, 2.75) is 18.9 Å². The molecule has 1 amide bonds. The Bertz CT molecular complexity index is 559. The second-order valence-electron chi connectivity index (χ2n) is 5.82. The van der Waals surface area contributed by atoms with E-state index in [1.165, 1.54) is 4.90 Å². The summed E-state index contributed by atoms with van der Waals surface area (Å²) in [4.78, 5) is 27.0. The van der Waals surface area contributed by atoms with E-state index < -0.39 is 12.1 Å². The van der Waals surface area contributed by atoms with Gasteiger partial charge in [0.05, 0.1) is 0 Å². The number of carbonyl (C=O) groups excluding carboxylic acids is 1. The van der Waals surface area contributed by atoms with Gasteiger partial charge in [-0.1, -0.05) is 25.1 Å². The lowest BCUT2D eigenvalue weighted by atomic mass is 9.97. The number of ether oxygens (including phenoxy) is 1. The maximum atomic E-state index is 12.7. The van der Waals surface area contributed by atoms with Crippen LogP contribution in [0, 0.1) is 0 Å². The number of carboxylic acid groups (broad SMARTS) is 1. The molecule has 6 nitrogen and oxygen atoms in total. The van der Waals surface area contributed by atoms with E-state index in [9.17, 15) is 9.59 Å². The van der Waals surface area contributed by atoms with Crippen molar-refractivity contribution in [2.24, 2.45) is 0 Å². The molecule has 1 aliphatic rings. The highest BCUT2D eigenvalue weighted by atomic mass is 16.5. The van der Waals surface area contributed by atoms with Crippen molar-refractivity contribution in [2.75, 3.05) is 33.7 Å². The van der Waals surface area contributed by atoms with Crippen molar-refractivity contribution >= 4 is 11.9 Å². The van der Waals surface area contributed by atoms with E-state index in [0.717, 1.165) is 5.56 Å². The van der Waals surface area contributed by atoms with Gasteiger partial charge in [0.15, 0.2) is 6.10 Å². The number of amides is 1. The molecule has 0 aliphatic carbocycles. The van der Waals surface area contributed by atoms with Crippen LogP contribution in [0.25, 0.3) is 0 Å². The van der Waals surface area contributed by atoms with Gasteiger partial charge in [-0.05, 0) is 20.2 Å². The fraction of sp³-hybridized carbons (Fsp3) is 0.500. The molecule has 22 heavy (non-hydrogen) atoms. The number of fused-ring (bicyclic) bond motifs is 1. The first kappa shape index (κ1) is 16.3. The van der Waals surface area contributed by atoms with Crippen molar-refractivity contribution in [3.63, 3.8) is 0 Å². The number of hydrogen-bond acceptors (Lipinski definition) is 4. The minimum absolute atomic E-state index is 0.0839. The highest BCUT2D eigenvalue weighted by molar-refractivity contribution is 5.86. The number of nitrogens with zero attached hydrogens (tertiary/aromatic N) is 2. The van der Waals surface area contributed by atoms with Gasteiger partial charge in [-0.3, -0.25) is 9.59 Å². The number of para-hydroxylation sites is 1. The van der Waals surface area contributed by atoms with Crippen molar-refractivity contribution < 1.29 is 19.4 Å². The van der Waals surface area contributed by atoms with E-state index in [2.05, 4.69) is 0 Å². The van der Waals surface area contributed by atoms with Gasteiger partial charge in [0.2, 0.25) is 0 Å². The third-order valence-electron chi connectivity index (χ3n) is 3.82. The van der Waals surface area contributed by atoms with Crippen LogP contribution >= 0.6 is 0 Å². The van der Waals surface area contributed by atoms with Crippen LogP contribution < -0.4 is 4.74 Å². The van der Waals surface area contributed by atoms with Crippen molar-refractivity contribution in [1.29, 1.82) is 0 Å². The van der Waals surface area contributed by atoms with E-state index in [4.69, 9.17) is 9.84 Å². The molecule has 0 saturated carbocycles. The first-order chi connectivity index (χ1) is 10.4. The van der Waals surface area contributed by atoms with Crippen molar-refractivity contribution in [1.82, 2.24) is 9.80 Å². The summed E-state index contributed by atoms with van der Waals surface area (Å²) in [6, 6.07) is 7.54. The number of aliphatic carboxylic acids is 1. The SMILES string of the molecule is C[C@H]1c2ccccc2O[C@@H]1C(=O)N(CCN(C)C)CC(=O)O. The van der Waals surface area contributed by atoms with Gasteiger partial charge in [0.25, 0.3) is 5.91 Å². The molecule has 1 heterocycles. The molecule has 1 aromatic carbocycles. The van der Waals surface area contributed by atoms with Gasteiger partial charge in [-0.25, -0.2) is 0 Å². The topological polar surface area (TPSA) is 70.1 Å². The minimum atomic E-state index is -1.02. The van der Waals surface area contributed by atoms with Crippen LogP contribution in [0.3, 0.4) is 0 Å². The van der Waals surface area contributed by atoms with Gasteiger partial charge in [0.1, 0.15) is 12.3 Å². The quantitative estimate of drug-likeness (QED) is 0.850. The summed E-state index contributed by atoms with van der Waals surface area (Å²) in [7, 11) is 3.77. The zero-order chi connectivity index (χ0) is 16.3. The normalized spacial score (nSPS) is 19.6. The lowest BCUT2D eigenvalue weighted by Crippen LogP contribution is -2.47. The summed E-state index contributed by atoms with van der Waals surface area (Å²) in [5.74, 6) is -0.668. The molecule has 120 valence electrons. The maximum absolute atomic E-state index is 12.7. The molecule has 0 fully saturated rings. The smallest absolute Gasteiger partial charge is 0.323 e. The lowest BCUT2D eigenvalue weighted by molar-refractivity contribution is -0.148. The molecule has 1 aromatic rings. The third-order valence-corrected chi connectivity index (χ3v) is 3.82. The Balaban J connectivity index is 2.12. The van der Waals surface area contributed by atoms with Crippen molar-refractivity contribution in [3.05, 3.63) is 29.8 Å². The van der Waals surface area contributed by atoms with Gasteiger partial charge in [-0.2, -0.15) is 0 Å². The fourth-order valence-corrected chi connectivity index (χ4v) is 2.56. The molecular weight excluding hydrogens is 284 g/mol. The van der Waals surface area contributed by atoms with Gasteiger partial charge >= 0.3 is 5.97 Å². The van der Waals surface area contributed by atoms with Gasteiger partial charge in [0, 0.05) is 24.6 Å². The van der Waals surface area contributed by atoms with Crippen LogP contribution in [-0.4, -0.2) is 66.6 Å². The summed E-state index contributed by atoms with van der Waals surface area (Å²) < 4.78 is 5.75. The highest BCUT2D eigenvalue weighted by Gasteiger charge is 2.38. The Morgan fingerprint density at radius 3 is 2.50 bits per heavy atom. The molecule has 0 spiro atoms. The summed E-state index contributed by atoms with van der Waals surface area (Å²) in [5.41, 5.74) is 0.990. The van der Waals surface area contributed by atoms with E-state index in [1.54, 1.807) is 0 Å². The molecular formula is C16H22N2O4. The third kappa shape index (κ3) is 3.57. The average Bonchev–Trinajstić information content (AvgIpc) is 2.80. The van der Waals surface area contributed by atoms with E-state index in [0.29, 0.717) is 18.8 Å². The molecule has 0 bridgehead atoms. The number of rotatable bonds is 6. The highest BCUT2D eigenvalue weighted by Crippen LogP contribution is 2.38. The molecule has 6 heteroatoms. The largest absolute Gasteiger partial charge is 0.480 e. The predicted octanol–water partition coefficient (Wildman–Crippen LogP) is 1.03. The minimum Gasteiger partial charge on any atom is -0.480 e. The fourth-order valence-electron chi connectivity index (χ4n) is 2.56. The summed E-state index contributed by atoms with van der Waals surface area (Å²) >= 11 is 0. The average molecular weight is 306 g/mol. The summed E-state index contributed by atoms with van der Waals surface area (Å²) in [6.45, 7) is 2.59. The summed E-state index contributed by atoms with van der Waals surface area (Å²) in [6.07, 6.45) is -0.654. The zero-order valence-corrected chi connectivity index (χ0v) is 13.2. The van der Waals surface area contributed by atoms with Crippen LogP contribution in [0.2, 0.25) is 0 Å². The molecule has 0 saturated heterocycles. The Morgan fingerprint density at radius 1 is 1.23 bits per heavy atom. The number of carboxylic acids is 1. The van der Waals surface area contributed by atoms with Crippen molar-refractivity contribution in [3.8, 4) is 5.75 Å². The van der Waals surface area contributed by atoms with Crippen LogP contribution in [0.15, 0.2) is 24.3 Å². The molecule has 0 unspecified atom stereocenters. The first-order valence-corrected chi connectivity index (χ1v) is 7.31. The van der Waals surface area contributed by atoms with Gasteiger partial charge < -0.3 is 19.6 Å². The number of likely N-dealkylation sites (N-methyl/N-ethyl adjacent to an activating group) is 1. The van der Waals surface area contributed by atoms with E-state index in [-0.39, 0.29) is 18.4 Å². The predicted molar refractivity (Wildman–Crippen MR) is 82.0 cm³/mol. The zero-order valence-electron chi connectivity index (χ0n) is 13.2. The second kappa shape index (κ2) is 6.79. The van der Waals surface area contributed by atoms with Crippen LogP contribution in [0.1, 0.15) is 18.4 Å². The van der Waals surface area contributed by atoms with E-state index in [1.807, 2.05) is 50.2 Å². The first-order valence-electron chi connectivity index (χ1n) is 7.31. The molecule has 0 aromatic heterocycles. The maximum Gasteiger partial charge on any atom is 0.323 e. The molecule has 1 N–H and O–H groups in total. The monoisotopic (exact) mass is 306 g/mol. The Morgan fingerprint density at radius 2 is 1.91 bits per heavy atom. The molecule has 2 atom stereocenters.